The van der Waals surface area contributed by atoms with Gasteiger partial charge in [-0.1, -0.05) is 42.5 Å². The largest absolute Gasteiger partial charge is 0.369 e. The van der Waals surface area contributed by atoms with Crippen LogP contribution in [0, 0.1) is 0 Å². The lowest BCUT2D eigenvalue weighted by molar-refractivity contribution is -0.117. The van der Waals surface area contributed by atoms with Crippen LogP contribution in [-0.2, 0) is 4.79 Å². The summed E-state index contributed by atoms with van der Waals surface area (Å²) in [5, 5.41) is 0. The lowest BCUT2D eigenvalue weighted by Gasteiger charge is -1.96. The minimum Gasteiger partial charge on any atom is -0.369 e. The van der Waals surface area contributed by atoms with E-state index in [-0.39, 0.29) is 5.91 Å². The second kappa shape index (κ2) is 4.34. The van der Waals surface area contributed by atoms with Crippen molar-refractivity contribution in [1.82, 2.24) is 0 Å². The van der Waals surface area contributed by atoms with Crippen LogP contribution in [0.1, 0.15) is 6.42 Å². The normalized spacial score (nSPS) is 27.5. The summed E-state index contributed by atoms with van der Waals surface area (Å²) in [6.45, 7) is 0. The number of allylic oxidation sites excluding steroid dienone is 7. The molecule has 2 heteroatoms. The summed E-state index contributed by atoms with van der Waals surface area (Å²) in [5.74, 6) is -0.302. The molecule has 0 fully saturated rings. The third-order valence-electron chi connectivity index (χ3n) is 1.44. The number of hydrogen-bond donors (Lipinski definition) is 1. The quantitative estimate of drug-likeness (QED) is 0.654. The van der Waals surface area contributed by atoms with Crippen LogP contribution in [0.2, 0.25) is 0 Å². The first-order chi connectivity index (χ1) is 5.79. The molecule has 0 aromatic heterocycles. The van der Waals surface area contributed by atoms with Crippen LogP contribution in [0.3, 0.4) is 0 Å². The summed E-state index contributed by atoms with van der Waals surface area (Å²) in [6.07, 6.45) is 13.6. The minimum absolute atomic E-state index is 0.300. The zero-order valence-corrected chi connectivity index (χ0v) is 6.73. The SMILES string of the molecule is NC(=O)CC1=C/C=C\C=C/C=C\1. The molecular formula is C10H11NO. The Morgan fingerprint density at radius 2 is 1.83 bits per heavy atom. The van der Waals surface area contributed by atoms with Crippen molar-refractivity contribution in [2.24, 2.45) is 5.73 Å². The average Bonchev–Trinajstić information content (AvgIpc) is 1.93. The van der Waals surface area contributed by atoms with Crippen molar-refractivity contribution in [3.05, 3.63) is 48.1 Å². The molecule has 2 N–H and O–H groups in total. The Balaban J connectivity index is 2.69. The molecule has 1 aliphatic rings. The van der Waals surface area contributed by atoms with Crippen LogP contribution < -0.4 is 5.73 Å². The van der Waals surface area contributed by atoms with Crippen LogP contribution in [0.15, 0.2) is 48.1 Å². The van der Waals surface area contributed by atoms with Crippen LogP contribution in [0.5, 0.6) is 0 Å². The summed E-state index contributed by atoms with van der Waals surface area (Å²) in [5.41, 5.74) is 5.99. The molecule has 2 nitrogen and oxygen atoms in total. The summed E-state index contributed by atoms with van der Waals surface area (Å²) < 4.78 is 0. The van der Waals surface area contributed by atoms with Gasteiger partial charge in [-0.3, -0.25) is 4.79 Å². The Morgan fingerprint density at radius 3 is 2.58 bits per heavy atom. The number of hydrogen-bond acceptors (Lipinski definition) is 1. The number of primary amides is 1. The fourth-order valence-electron chi connectivity index (χ4n) is 0.925. The molecule has 0 heterocycles. The Bertz CT molecular complexity index is 282. The van der Waals surface area contributed by atoms with Crippen molar-refractivity contribution in [3.8, 4) is 0 Å². The predicted octanol–water partition coefficient (Wildman–Crippen LogP) is 1.47. The molecule has 0 unspecified atom stereocenters. The van der Waals surface area contributed by atoms with E-state index in [1.54, 1.807) is 0 Å². The first-order valence-electron chi connectivity index (χ1n) is 3.78. The molecule has 1 aliphatic carbocycles. The highest BCUT2D eigenvalue weighted by molar-refractivity contribution is 5.77. The standard InChI is InChI=1S/C10H11NO/c11-10(12)8-9-6-4-2-1-3-5-7-9/h1-7H,8H2,(H2,11,12)/b2-1-,3-1?,4-2?,5-3-,6-4-,7-5?,9-6?,9-7+. The van der Waals surface area contributed by atoms with Crippen LogP contribution in [0.4, 0.5) is 0 Å². The predicted molar refractivity (Wildman–Crippen MR) is 49.3 cm³/mol. The lowest BCUT2D eigenvalue weighted by atomic mass is 10.1. The maximum Gasteiger partial charge on any atom is 0.221 e. The Hall–Kier alpha value is -1.57. The maximum absolute atomic E-state index is 10.6. The van der Waals surface area contributed by atoms with Gasteiger partial charge in [-0.25, -0.2) is 0 Å². The average molecular weight is 161 g/mol. The van der Waals surface area contributed by atoms with Crippen LogP contribution in [0.25, 0.3) is 0 Å². The smallest absolute Gasteiger partial charge is 0.221 e. The molecule has 0 saturated carbocycles. The molecule has 0 atom stereocenters. The highest BCUT2D eigenvalue weighted by Gasteiger charge is 1.96. The van der Waals surface area contributed by atoms with Gasteiger partial charge < -0.3 is 5.73 Å². The summed E-state index contributed by atoms with van der Waals surface area (Å²) >= 11 is 0. The first-order valence-corrected chi connectivity index (χ1v) is 3.78. The van der Waals surface area contributed by atoms with Crippen LogP contribution in [-0.4, -0.2) is 5.91 Å². The van der Waals surface area contributed by atoms with Gasteiger partial charge in [0.2, 0.25) is 5.91 Å². The van der Waals surface area contributed by atoms with E-state index in [0.717, 1.165) is 5.57 Å². The molecular weight excluding hydrogens is 150 g/mol. The van der Waals surface area contributed by atoms with Crippen LogP contribution >= 0.6 is 0 Å². The van der Waals surface area contributed by atoms with Gasteiger partial charge in [0, 0.05) is 0 Å². The maximum atomic E-state index is 10.6. The summed E-state index contributed by atoms with van der Waals surface area (Å²) in [4.78, 5) is 10.6. The van der Waals surface area contributed by atoms with Gasteiger partial charge in [0.25, 0.3) is 0 Å². The number of nitrogens with two attached hydrogens (primary N) is 1. The van der Waals surface area contributed by atoms with Gasteiger partial charge in [-0.05, 0) is 5.57 Å². The lowest BCUT2D eigenvalue weighted by Crippen LogP contribution is -2.10. The molecule has 62 valence electrons. The van der Waals surface area contributed by atoms with Crippen molar-refractivity contribution < 1.29 is 4.79 Å². The number of carbonyl (C=O) groups excluding carboxylic acids is 1. The zero-order chi connectivity index (χ0) is 8.81. The van der Waals surface area contributed by atoms with E-state index in [9.17, 15) is 4.79 Å². The summed E-state index contributed by atoms with van der Waals surface area (Å²) in [7, 11) is 0. The van der Waals surface area contributed by atoms with E-state index in [1.165, 1.54) is 0 Å². The Morgan fingerprint density at radius 1 is 1.17 bits per heavy atom. The number of rotatable bonds is 2. The van der Waals surface area contributed by atoms with Gasteiger partial charge in [0.1, 0.15) is 0 Å². The highest BCUT2D eigenvalue weighted by atomic mass is 16.1. The molecule has 1 amide bonds. The van der Waals surface area contributed by atoms with Crippen molar-refractivity contribution in [2.45, 2.75) is 6.42 Å². The van der Waals surface area contributed by atoms with E-state index in [1.807, 2.05) is 42.5 Å². The van der Waals surface area contributed by atoms with Crippen molar-refractivity contribution in [2.75, 3.05) is 0 Å². The van der Waals surface area contributed by atoms with E-state index in [4.69, 9.17) is 5.73 Å². The molecule has 1 rings (SSSR count). The van der Waals surface area contributed by atoms with Gasteiger partial charge >= 0.3 is 0 Å². The van der Waals surface area contributed by atoms with E-state index < -0.39 is 0 Å². The van der Waals surface area contributed by atoms with Gasteiger partial charge in [0.05, 0.1) is 6.42 Å². The molecule has 0 bridgehead atoms. The van der Waals surface area contributed by atoms with Crippen molar-refractivity contribution >= 4 is 5.91 Å². The van der Waals surface area contributed by atoms with Gasteiger partial charge in [-0.15, -0.1) is 0 Å². The highest BCUT2D eigenvalue weighted by Crippen LogP contribution is 2.05. The van der Waals surface area contributed by atoms with E-state index in [0.29, 0.717) is 6.42 Å². The van der Waals surface area contributed by atoms with Gasteiger partial charge in [0.15, 0.2) is 0 Å². The topological polar surface area (TPSA) is 43.1 Å². The second-order valence-electron chi connectivity index (χ2n) is 2.51. The van der Waals surface area contributed by atoms with Crippen molar-refractivity contribution in [3.63, 3.8) is 0 Å². The molecule has 0 saturated heterocycles. The monoisotopic (exact) mass is 161 g/mol. The third kappa shape index (κ3) is 3.01. The fraction of sp³-hybridized carbons (Fsp3) is 0.100. The Labute approximate surface area is 71.8 Å². The molecule has 0 aliphatic heterocycles. The molecule has 0 radical (unpaired) electrons. The molecule has 0 aromatic rings. The van der Waals surface area contributed by atoms with Crippen molar-refractivity contribution in [1.29, 1.82) is 0 Å². The van der Waals surface area contributed by atoms with Gasteiger partial charge in [-0.2, -0.15) is 0 Å². The Kier molecular flexibility index (Phi) is 3.08. The molecule has 0 spiro atoms. The molecule has 12 heavy (non-hydrogen) atoms. The minimum atomic E-state index is -0.302. The van der Waals surface area contributed by atoms with E-state index in [2.05, 4.69) is 0 Å². The zero-order valence-electron chi connectivity index (χ0n) is 6.73. The number of amides is 1. The fourth-order valence-corrected chi connectivity index (χ4v) is 0.925. The van der Waals surface area contributed by atoms with E-state index >= 15 is 0 Å². The number of carbonyl (C=O) groups is 1. The third-order valence-corrected chi connectivity index (χ3v) is 1.44. The first kappa shape index (κ1) is 8.53. The molecule has 0 aromatic carbocycles. The summed E-state index contributed by atoms with van der Waals surface area (Å²) in [6, 6.07) is 0. The second-order valence-corrected chi connectivity index (χ2v) is 2.51.